The van der Waals surface area contributed by atoms with Crippen molar-refractivity contribution in [1.82, 2.24) is 0 Å². The first-order valence-corrected chi connectivity index (χ1v) is 18.9. The Hall–Kier alpha value is -4.12. The second-order valence-electron chi connectivity index (χ2n) is 13.1. The Kier molecular flexibility index (Phi) is 18.3. The van der Waals surface area contributed by atoms with Crippen LogP contribution >= 0.6 is 0 Å². The minimum absolute atomic E-state index is 0.125. The van der Waals surface area contributed by atoms with E-state index in [-0.39, 0.29) is 25.4 Å². The molecule has 0 spiro atoms. The van der Waals surface area contributed by atoms with E-state index in [0.717, 1.165) is 26.4 Å². The van der Waals surface area contributed by atoms with Crippen molar-refractivity contribution in [2.24, 2.45) is 5.11 Å². The fourth-order valence-corrected chi connectivity index (χ4v) is 6.14. The molecule has 0 aromatic heterocycles. The number of benzene rings is 2. The van der Waals surface area contributed by atoms with Gasteiger partial charge >= 0.3 is 17.9 Å². The summed E-state index contributed by atoms with van der Waals surface area (Å²) < 4.78 is 54.2. The lowest BCUT2D eigenvalue weighted by molar-refractivity contribution is -0.341. The van der Waals surface area contributed by atoms with Crippen LogP contribution in [0.2, 0.25) is 0 Å². The SMILES string of the molecule is CCCCOC1[C@H](O[C@H]2OC(COC(=O)c3ccccc3)[C@@H](OCCCC)[C@H](OCCCC)C2N=[N+]=[N-])C(C(=O)OC)O[C@@H](O)[C@H]1OC(=O)c1ccccc1. The van der Waals surface area contributed by atoms with Crippen LogP contribution in [0.15, 0.2) is 65.8 Å². The molecule has 2 saturated heterocycles. The lowest BCUT2D eigenvalue weighted by atomic mass is 9.95. The Morgan fingerprint density at radius 2 is 1.29 bits per heavy atom. The van der Waals surface area contributed by atoms with Crippen molar-refractivity contribution in [3.63, 3.8) is 0 Å². The van der Waals surface area contributed by atoms with E-state index in [1.54, 1.807) is 60.7 Å². The average Bonchev–Trinajstić information content (AvgIpc) is 3.21. The van der Waals surface area contributed by atoms with Crippen molar-refractivity contribution in [3.8, 4) is 0 Å². The first kappa shape index (κ1) is 43.6. The smallest absolute Gasteiger partial charge is 0.338 e. The molecule has 4 rings (SSSR count). The summed E-state index contributed by atoms with van der Waals surface area (Å²) in [5, 5.41) is 15.2. The van der Waals surface area contributed by atoms with E-state index in [9.17, 15) is 25.0 Å². The summed E-state index contributed by atoms with van der Waals surface area (Å²) in [6.45, 7) is 6.33. The highest BCUT2D eigenvalue weighted by Crippen LogP contribution is 2.35. The number of unbranched alkanes of at least 4 members (excludes halogenated alkanes) is 3. The van der Waals surface area contributed by atoms with Crippen LogP contribution in [0.25, 0.3) is 10.4 Å². The van der Waals surface area contributed by atoms with E-state index in [2.05, 4.69) is 10.0 Å². The Morgan fingerprint density at radius 1 is 0.745 bits per heavy atom. The standard InChI is InChI=1S/C39H53N3O13/c1-5-8-21-48-29-27(24-51-35(43)25-17-13-11-14-18-25)52-39(28(41-42-40)30(29)49-22-9-6-2)55-32-31(50-23-10-7-3)33(38(46)54-34(32)37(45)47-4)53-36(44)26-19-15-12-16-20-26/h11-20,27-34,38-39,46H,5-10,21-24H2,1-4H3/t27?,28?,29-,30-,31?,32+,33+,34?,38-,39-/m1/s1. The number of hydrogen-bond donors (Lipinski definition) is 1. The molecule has 10 atom stereocenters. The highest BCUT2D eigenvalue weighted by Gasteiger charge is 2.56. The fraction of sp³-hybridized carbons (Fsp3) is 0.615. The number of nitrogens with zero attached hydrogens (tertiary/aromatic N) is 3. The van der Waals surface area contributed by atoms with Crippen LogP contribution in [0.5, 0.6) is 0 Å². The first-order valence-electron chi connectivity index (χ1n) is 18.9. The number of aliphatic hydroxyl groups is 1. The third kappa shape index (κ3) is 12.2. The third-order valence-electron chi connectivity index (χ3n) is 9.10. The number of esters is 3. The van der Waals surface area contributed by atoms with Crippen LogP contribution in [0.4, 0.5) is 0 Å². The summed E-state index contributed by atoms with van der Waals surface area (Å²) in [7, 11) is 1.14. The summed E-state index contributed by atoms with van der Waals surface area (Å²) in [6, 6.07) is 15.3. The molecule has 0 radical (unpaired) electrons. The van der Waals surface area contributed by atoms with Crippen LogP contribution in [0.3, 0.4) is 0 Å². The third-order valence-corrected chi connectivity index (χ3v) is 9.10. The Labute approximate surface area is 321 Å². The highest BCUT2D eigenvalue weighted by atomic mass is 16.7. The van der Waals surface area contributed by atoms with Crippen LogP contribution in [-0.4, -0.2) is 118 Å². The van der Waals surface area contributed by atoms with Gasteiger partial charge in [0.15, 0.2) is 24.8 Å². The minimum Gasteiger partial charge on any atom is -0.467 e. The van der Waals surface area contributed by atoms with Gasteiger partial charge in [0.05, 0.1) is 24.3 Å². The topological polar surface area (TPSA) is 203 Å². The zero-order chi connectivity index (χ0) is 39.6. The monoisotopic (exact) mass is 771 g/mol. The highest BCUT2D eigenvalue weighted by molar-refractivity contribution is 5.89. The van der Waals surface area contributed by atoms with E-state index in [1.807, 2.05) is 20.8 Å². The van der Waals surface area contributed by atoms with E-state index in [4.69, 9.17) is 42.6 Å². The first-order chi connectivity index (χ1) is 26.8. The molecule has 0 bridgehead atoms. The van der Waals surface area contributed by atoms with Gasteiger partial charge in [-0.3, -0.25) is 0 Å². The maximum atomic E-state index is 13.3. The molecule has 2 fully saturated rings. The molecule has 302 valence electrons. The van der Waals surface area contributed by atoms with Crippen molar-refractivity contribution >= 4 is 17.9 Å². The molecule has 2 aliphatic heterocycles. The predicted octanol–water partition coefficient (Wildman–Crippen LogP) is 5.30. The Balaban J connectivity index is 1.75. The quantitative estimate of drug-likeness (QED) is 0.0428. The maximum Gasteiger partial charge on any atom is 0.338 e. The van der Waals surface area contributed by atoms with Gasteiger partial charge in [0.25, 0.3) is 0 Å². The lowest BCUT2D eigenvalue weighted by Gasteiger charge is -2.48. The van der Waals surface area contributed by atoms with Gasteiger partial charge in [0.2, 0.25) is 0 Å². The summed E-state index contributed by atoms with van der Waals surface area (Å²) in [6.07, 6.45) is -7.84. The van der Waals surface area contributed by atoms with E-state index in [0.29, 0.717) is 31.4 Å². The van der Waals surface area contributed by atoms with Gasteiger partial charge in [-0.15, -0.1) is 0 Å². The summed E-state index contributed by atoms with van der Waals surface area (Å²) in [5.74, 6) is -2.32. The molecule has 1 N–H and O–H groups in total. The number of hydrogen-bond acceptors (Lipinski definition) is 14. The summed E-state index contributed by atoms with van der Waals surface area (Å²) in [5.41, 5.74) is 10.3. The molecule has 0 saturated carbocycles. The van der Waals surface area contributed by atoms with Gasteiger partial charge in [0, 0.05) is 24.7 Å². The molecule has 2 heterocycles. The van der Waals surface area contributed by atoms with Crippen molar-refractivity contribution < 1.29 is 62.1 Å². The van der Waals surface area contributed by atoms with Gasteiger partial charge in [-0.25, -0.2) is 14.4 Å². The zero-order valence-electron chi connectivity index (χ0n) is 31.8. The molecule has 16 heteroatoms. The van der Waals surface area contributed by atoms with Crippen molar-refractivity contribution in [2.75, 3.05) is 33.5 Å². The van der Waals surface area contributed by atoms with Crippen LogP contribution < -0.4 is 0 Å². The van der Waals surface area contributed by atoms with Gasteiger partial charge in [0.1, 0.15) is 37.1 Å². The molecule has 2 aliphatic rings. The van der Waals surface area contributed by atoms with Gasteiger partial charge in [-0.05, 0) is 49.1 Å². The Bertz CT molecular complexity index is 1510. The average molecular weight is 772 g/mol. The molecular weight excluding hydrogens is 718 g/mol. The van der Waals surface area contributed by atoms with Gasteiger partial charge in [-0.1, -0.05) is 81.5 Å². The van der Waals surface area contributed by atoms with Crippen molar-refractivity contribution in [2.45, 2.75) is 121 Å². The van der Waals surface area contributed by atoms with Gasteiger partial charge in [-0.2, -0.15) is 0 Å². The normalized spacial score (nSPS) is 27.7. The molecule has 0 amide bonds. The number of methoxy groups -OCH3 is 1. The minimum atomic E-state index is -1.84. The second-order valence-corrected chi connectivity index (χ2v) is 13.1. The zero-order valence-corrected chi connectivity index (χ0v) is 31.8. The Morgan fingerprint density at radius 3 is 1.84 bits per heavy atom. The fourth-order valence-electron chi connectivity index (χ4n) is 6.14. The number of carbonyl (C=O) groups is 3. The van der Waals surface area contributed by atoms with Crippen molar-refractivity contribution in [1.29, 1.82) is 0 Å². The molecule has 4 unspecified atom stereocenters. The van der Waals surface area contributed by atoms with Gasteiger partial charge < -0.3 is 47.7 Å². The van der Waals surface area contributed by atoms with Crippen molar-refractivity contribution in [3.05, 3.63) is 82.2 Å². The maximum absolute atomic E-state index is 13.3. The molecular formula is C39H53N3O13. The van der Waals surface area contributed by atoms with Crippen LogP contribution in [0, 0.1) is 0 Å². The molecule has 16 nitrogen and oxygen atoms in total. The van der Waals surface area contributed by atoms with E-state index >= 15 is 0 Å². The molecule has 55 heavy (non-hydrogen) atoms. The largest absolute Gasteiger partial charge is 0.467 e. The predicted molar refractivity (Wildman–Crippen MR) is 196 cm³/mol. The second kappa shape index (κ2) is 23.1. The number of carbonyl (C=O) groups excluding carboxylic acids is 3. The molecule has 0 aliphatic carbocycles. The number of azide groups is 1. The van der Waals surface area contributed by atoms with Crippen LogP contribution in [0.1, 0.15) is 80.0 Å². The molecule has 2 aromatic carbocycles. The number of ether oxygens (including phenoxy) is 9. The summed E-state index contributed by atoms with van der Waals surface area (Å²) >= 11 is 0. The number of rotatable bonds is 21. The van der Waals surface area contributed by atoms with E-state index in [1.165, 1.54) is 0 Å². The van der Waals surface area contributed by atoms with E-state index < -0.39 is 79.3 Å². The lowest BCUT2D eigenvalue weighted by Crippen LogP contribution is -2.66. The summed E-state index contributed by atoms with van der Waals surface area (Å²) in [4.78, 5) is 42.8. The van der Waals surface area contributed by atoms with Crippen LogP contribution in [-0.2, 0) is 47.4 Å². The number of aliphatic hydroxyl groups excluding tert-OH is 1. The molecule has 2 aromatic rings.